The molecular weight excluding hydrogens is 301 g/mol. The lowest BCUT2D eigenvalue weighted by molar-refractivity contribution is 0.00578. The molecule has 2 aliphatic heterocycles. The van der Waals surface area contributed by atoms with E-state index in [0.29, 0.717) is 0 Å². The molecule has 0 bridgehead atoms. The number of imidazole rings is 1. The topological polar surface area (TPSA) is 50.4 Å². The van der Waals surface area contributed by atoms with Crippen LogP contribution in [0.15, 0.2) is 30.4 Å². The first-order valence-electron chi connectivity index (χ1n) is 8.49. The van der Waals surface area contributed by atoms with Gasteiger partial charge in [-0.25, -0.2) is 4.98 Å². The van der Waals surface area contributed by atoms with Crippen LogP contribution in [0.25, 0.3) is 11.0 Å². The van der Waals surface area contributed by atoms with Crippen LogP contribution >= 0.6 is 0 Å². The molecule has 3 heterocycles. The third-order valence-corrected chi connectivity index (χ3v) is 5.52. The number of H-pyrrole nitrogens is 1. The highest BCUT2D eigenvalue weighted by Crippen LogP contribution is 2.36. The Morgan fingerprint density at radius 2 is 1.92 bits per heavy atom. The second-order valence-corrected chi connectivity index (χ2v) is 7.80. The molecule has 0 spiro atoms. The lowest BCUT2D eigenvalue weighted by Crippen LogP contribution is -2.41. The highest BCUT2D eigenvalue weighted by atomic mass is 16.7. The van der Waals surface area contributed by atoms with Crippen LogP contribution in [-0.2, 0) is 9.31 Å². The Labute approximate surface area is 143 Å². The predicted octanol–water partition coefficient (Wildman–Crippen LogP) is 2.40. The van der Waals surface area contributed by atoms with E-state index in [-0.39, 0.29) is 24.4 Å². The van der Waals surface area contributed by atoms with Gasteiger partial charge in [0.1, 0.15) is 5.82 Å². The fourth-order valence-electron chi connectivity index (χ4n) is 3.23. The predicted molar refractivity (Wildman–Crippen MR) is 96.3 cm³/mol. The number of aromatic nitrogens is 2. The van der Waals surface area contributed by atoms with Crippen molar-refractivity contribution in [2.75, 3.05) is 13.6 Å². The average Bonchev–Trinajstić information content (AvgIpc) is 3.14. The van der Waals surface area contributed by atoms with Crippen molar-refractivity contribution in [3.8, 4) is 0 Å². The standard InChI is InChI=1S/C18H24BN3O2/c1-17(2)18(3,4)24-19(23-17)12-8-9-13-14(11-12)21-16(20-13)15-7-6-10-22(15)5/h6-9,11,15H,10H2,1-5H3,(H,20,21). The van der Waals surface area contributed by atoms with Gasteiger partial charge in [-0.3, -0.25) is 4.90 Å². The summed E-state index contributed by atoms with van der Waals surface area (Å²) in [7, 11) is 1.76. The molecule has 126 valence electrons. The van der Waals surface area contributed by atoms with Crippen LogP contribution in [0, 0.1) is 0 Å². The van der Waals surface area contributed by atoms with E-state index in [1.165, 1.54) is 0 Å². The number of likely N-dealkylation sites (N-methyl/N-ethyl adjacent to an activating group) is 1. The average molecular weight is 325 g/mol. The van der Waals surface area contributed by atoms with Gasteiger partial charge in [0.2, 0.25) is 0 Å². The zero-order valence-electron chi connectivity index (χ0n) is 15.0. The van der Waals surface area contributed by atoms with Gasteiger partial charge in [-0.15, -0.1) is 0 Å². The Balaban J connectivity index is 1.66. The van der Waals surface area contributed by atoms with Gasteiger partial charge in [-0.1, -0.05) is 18.2 Å². The van der Waals surface area contributed by atoms with E-state index in [2.05, 4.69) is 62.8 Å². The summed E-state index contributed by atoms with van der Waals surface area (Å²) in [6, 6.07) is 6.39. The largest absolute Gasteiger partial charge is 0.494 e. The summed E-state index contributed by atoms with van der Waals surface area (Å²) >= 11 is 0. The van der Waals surface area contributed by atoms with Gasteiger partial charge in [-0.2, -0.15) is 0 Å². The van der Waals surface area contributed by atoms with Crippen molar-refractivity contribution in [1.82, 2.24) is 14.9 Å². The molecule has 0 saturated carbocycles. The minimum atomic E-state index is -0.347. The molecule has 1 unspecified atom stereocenters. The van der Waals surface area contributed by atoms with Crippen molar-refractivity contribution in [2.45, 2.75) is 44.9 Å². The van der Waals surface area contributed by atoms with Crippen molar-refractivity contribution in [1.29, 1.82) is 0 Å². The van der Waals surface area contributed by atoms with Crippen molar-refractivity contribution < 1.29 is 9.31 Å². The van der Waals surface area contributed by atoms with Crippen LogP contribution in [0.3, 0.4) is 0 Å². The van der Waals surface area contributed by atoms with E-state index < -0.39 is 0 Å². The number of rotatable bonds is 2. The fourth-order valence-corrected chi connectivity index (χ4v) is 3.23. The summed E-state index contributed by atoms with van der Waals surface area (Å²) in [4.78, 5) is 10.5. The molecule has 4 rings (SSSR count). The van der Waals surface area contributed by atoms with E-state index in [0.717, 1.165) is 28.9 Å². The minimum absolute atomic E-state index is 0.220. The second kappa shape index (κ2) is 5.18. The van der Waals surface area contributed by atoms with Crippen LogP contribution in [-0.4, -0.2) is 46.8 Å². The number of nitrogens with one attached hydrogen (secondary N) is 1. The zero-order chi connectivity index (χ0) is 17.1. The number of benzene rings is 1. The second-order valence-electron chi connectivity index (χ2n) is 7.80. The summed E-state index contributed by atoms with van der Waals surface area (Å²) < 4.78 is 12.3. The third-order valence-electron chi connectivity index (χ3n) is 5.52. The summed E-state index contributed by atoms with van der Waals surface area (Å²) in [6.07, 6.45) is 4.36. The molecule has 5 nitrogen and oxygen atoms in total. The van der Waals surface area contributed by atoms with Crippen LogP contribution in [0.5, 0.6) is 0 Å². The smallest absolute Gasteiger partial charge is 0.399 e. The maximum Gasteiger partial charge on any atom is 0.494 e. The Morgan fingerprint density at radius 1 is 1.21 bits per heavy atom. The molecule has 1 N–H and O–H groups in total. The van der Waals surface area contributed by atoms with Crippen molar-refractivity contribution in [3.05, 3.63) is 36.2 Å². The van der Waals surface area contributed by atoms with Crippen LogP contribution < -0.4 is 5.46 Å². The minimum Gasteiger partial charge on any atom is -0.399 e. The summed E-state index contributed by atoms with van der Waals surface area (Å²) in [6.45, 7) is 9.25. The molecule has 1 saturated heterocycles. The van der Waals surface area contributed by atoms with Gasteiger partial charge in [0.05, 0.1) is 28.3 Å². The van der Waals surface area contributed by atoms with E-state index in [1.54, 1.807) is 0 Å². The van der Waals surface area contributed by atoms with Gasteiger partial charge in [0, 0.05) is 6.54 Å². The highest BCUT2D eigenvalue weighted by molar-refractivity contribution is 6.62. The summed E-state index contributed by atoms with van der Waals surface area (Å²) in [5.41, 5.74) is 2.35. The zero-order valence-corrected chi connectivity index (χ0v) is 15.0. The summed E-state index contributed by atoms with van der Waals surface area (Å²) in [5, 5.41) is 0. The molecule has 24 heavy (non-hydrogen) atoms. The molecule has 1 atom stereocenters. The first-order valence-corrected chi connectivity index (χ1v) is 8.49. The van der Waals surface area contributed by atoms with Gasteiger partial charge in [-0.05, 0) is 52.3 Å². The first kappa shape index (κ1) is 15.9. The molecule has 1 fully saturated rings. The van der Waals surface area contributed by atoms with Crippen molar-refractivity contribution in [3.63, 3.8) is 0 Å². The number of aromatic amines is 1. The van der Waals surface area contributed by atoms with Gasteiger partial charge >= 0.3 is 7.12 Å². The number of nitrogens with zero attached hydrogens (tertiary/aromatic N) is 2. The Kier molecular flexibility index (Phi) is 3.43. The molecule has 6 heteroatoms. The van der Waals surface area contributed by atoms with Crippen molar-refractivity contribution in [2.24, 2.45) is 0 Å². The highest BCUT2D eigenvalue weighted by Gasteiger charge is 2.51. The van der Waals surface area contributed by atoms with Crippen LogP contribution in [0.1, 0.15) is 39.6 Å². The summed E-state index contributed by atoms with van der Waals surface area (Å²) in [5.74, 6) is 0.979. The Bertz CT molecular complexity index is 796. The Morgan fingerprint density at radius 3 is 2.54 bits per heavy atom. The van der Waals surface area contributed by atoms with Crippen molar-refractivity contribution >= 4 is 23.6 Å². The monoisotopic (exact) mass is 325 g/mol. The molecule has 1 aromatic heterocycles. The number of hydrogen-bond acceptors (Lipinski definition) is 4. The normalized spacial score (nSPS) is 25.9. The molecule has 0 amide bonds. The van der Waals surface area contributed by atoms with Gasteiger partial charge in [0.25, 0.3) is 0 Å². The quantitative estimate of drug-likeness (QED) is 0.680. The fraction of sp³-hybridized carbons (Fsp3) is 0.500. The van der Waals surface area contributed by atoms with E-state index in [4.69, 9.17) is 14.3 Å². The molecular formula is C18H24BN3O2. The SMILES string of the molecule is CN1CC=CC1c1nc2ccc(B3OC(C)(C)C(C)(C)O3)cc2[nH]1. The maximum atomic E-state index is 6.15. The van der Waals surface area contributed by atoms with E-state index >= 15 is 0 Å². The molecule has 0 aliphatic carbocycles. The molecule has 2 aromatic rings. The van der Waals surface area contributed by atoms with E-state index in [9.17, 15) is 0 Å². The lowest BCUT2D eigenvalue weighted by atomic mass is 9.79. The van der Waals surface area contributed by atoms with Crippen LogP contribution in [0.4, 0.5) is 0 Å². The maximum absolute atomic E-state index is 6.15. The van der Waals surface area contributed by atoms with Gasteiger partial charge < -0.3 is 14.3 Å². The van der Waals surface area contributed by atoms with E-state index in [1.807, 2.05) is 12.1 Å². The number of hydrogen-bond donors (Lipinski definition) is 1. The van der Waals surface area contributed by atoms with Gasteiger partial charge in [0.15, 0.2) is 0 Å². The molecule has 2 aliphatic rings. The lowest BCUT2D eigenvalue weighted by Gasteiger charge is -2.32. The third kappa shape index (κ3) is 2.41. The molecule has 0 radical (unpaired) electrons. The van der Waals surface area contributed by atoms with Crippen LogP contribution in [0.2, 0.25) is 0 Å². The molecule has 1 aromatic carbocycles. The number of fused-ring (bicyclic) bond motifs is 1. The Hall–Kier alpha value is -1.63. The first-order chi connectivity index (χ1) is 11.3.